The SMILES string of the molecule is NCC1COC2c3cc(C(F)(F)F)ccc3NC(c3ccccc3)C2C1. The van der Waals surface area contributed by atoms with Crippen LogP contribution in [-0.4, -0.2) is 13.2 Å². The van der Waals surface area contributed by atoms with Gasteiger partial charge in [-0.25, -0.2) is 0 Å². The van der Waals surface area contributed by atoms with E-state index >= 15 is 0 Å². The fourth-order valence-corrected chi connectivity index (χ4v) is 4.11. The molecular formula is C20H21F3N2O. The number of alkyl halides is 3. The van der Waals surface area contributed by atoms with Crippen LogP contribution in [0.1, 0.15) is 35.3 Å². The Hall–Kier alpha value is -2.05. The quantitative estimate of drug-likeness (QED) is 0.825. The van der Waals surface area contributed by atoms with Crippen LogP contribution in [0, 0.1) is 11.8 Å². The number of nitrogens with two attached hydrogens (primary N) is 1. The highest BCUT2D eigenvalue weighted by Crippen LogP contribution is 2.50. The Bertz CT molecular complexity index is 778. The summed E-state index contributed by atoms with van der Waals surface area (Å²) in [5.74, 6) is 0.257. The second-order valence-corrected chi connectivity index (χ2v) is 7.09. The molecular weight excluding hydrogens is 341 g/mol. The third kappa shape index (κ3) is 3.08. The van der Waals surface area contributed by atoms with Crippen LogP contribution in [0.5, 0.6) is 0 Å². The molecule has 2 aliphatic heterocycles. The van der Waals surface area contributed by atoms with Gasteiger partial charge in [-0.05, 0) is 42.6 Å². The van der Waals surface area contributed by atoms with Crippen molar-refractivity contribution in [1.82, 2.24) is 0 Å². The fourth-order valence-electron chi connectivity index (χ4n) is 4.11. The maximum absolute atomic E-state index is 13.2. The van der Waals surface area contributed by atoms with Crippen molar-refractivity contribution >= 4 is 5.69 Å². The average Bonchev–Trinajstić information content (AvgIpc) is 2.66. The number of nitrogens with one attached hydrogen (secondary N) is 1. The lowest BCUT2D eigenvalue weighted by Gasteiger charge is -2.45. The number of anilines is 1. The van der Waals surface area contributed by atoms with Crippen LogP contribution < -0.4 is 11.1 Å². The van der Waals surface area contributed by atoms with Crippen LogP contribution in [0.15, 0.2) is 48.5 Å². The number of benzene rings is 2. The van der Waals surface area contributed by atoms with Gasteiger partial charge in [0.15, 0.2) is 0 Å². The zero-order valence-electron chi connectivity index (χ0n) is 14.2. The second-order valence-electron chi connectivity index (χ2n) is 7.09. The van der Waals surface area contributed by atoms with Crippen LogP contribution in [0.3, 0.4) is 0 Å². The summed E-state index contributed by atoms with van der Waals surface area (Å²) in [6, 6.07) is 13.8. The van der Waals surface area contributed by atoms with Crippen molar-refractivity contribution in [2.24, 2.45) is 17.6 Å². The molecule has 3 nitrogen and oxygen atoms in total. The van der Waals surface area contributed by atoms with Crippen molar-refractivity contribution in [3.63, 3.8) is 0 Å². The molecule has 26 heavy (non-hydrogen) atoms. The first-order valence-corrected chi connectivity index (χ1v) is 8.81. The molecule has 0 spiro atoms. The molecule has 0 radical (unpaired) electrons. The summed E-state index contributed by atoms with van der Waals surface area (Å²) in [4.78, 5) is 0. The number of halogens is 3. The number of fused-ring (bicyclic) bond motifs is 3. The lowest BCUT2D eigenvalue weighted by atomic mass is 9.74. The first-order valence-electron chi connectivity index (χ1n) is 8.81. The molecule has 2 aromatic carbocycles. The van der Waals surface area contributed by atoms with Crippen molar-refractivity contribution in [2.45, 2.75) is 24.7 Å². The zero-order chi connectivity index (χ0) is 18.3. The van der Waals surface area contributed by atoms with Gasteiger partial charge in [0.25, 0.3) is 0 Å². The van der Waals surface area contributed by atoms with E-state index in [1.807, 2.05) is 30.3 Å². The molecule has 0 bridgehead atoms. The van der Waals surface area contributed by atoms with Crippen LogP contribution in [0.2, 0.25) is 0 Å². The summed E-state index contributed by atoms with van der Waals surface area (Å²) in [5, 5.41) is 3.45. The molecule has 0 aromatic heterocycles. The monoisotopic (exact) mass is 362 g/mol. The third-order valence-electron chi connectivity index (χ3n) is 5.42. The standard InChI is InChI=1S/C20H21F3N2O/c21-20(22,23)14-6-7-17-15(9-14)19-16(8-12(10-24)11-26-19)18(25-17)13-4-2-1-3-5-13/h1-7,9,12,16,18-19,25H,8,10-11,24H2. The van der Waals surface area contributed by atoms with E-state index in [2.05, 4.69) is 5.32 Å². The number of hydrogen-bond donors (Lipinski definition) is 2. The van der Waals surface area contributed by atoms with Crippen molar-refractivity contribution in [1.29, 1.82) is 0 Å². The summed E-state index contributed by atoms with van der Waals surface area (Å²) < 4.78 is 45.5. The molecule has 6 heteroatoms. The lowest BCUT2D eigenvalue weighted by molar-refractivity contribution is -0.137. The highest BCUT2D eigenvalue weighted by atomic mass is 19.4. The Balaban J connectivity index is 1.77. The molecule has 2 aliphatic rings. The van der Waals surface area contributed by atoms with Gasteiger partial charge in [-0.2, -0.15) is 13.2 Å². The second kappa shape index (κ2) is 6.59. The Kier molecular flexibility index (Phi) is 4.40. The van der Waals surface area contributed by atoms with Crippen LogP contribution in [0.4, 0.5) is 18.9 Å². The molecule has 4 atom stereocenters. The summed E-state index contributed by atoms with van der Waals surface area (Å²) in [7, 11) is 0. The van der Waals surface area contributed by atoms with E-state index in [-0.39, 0.29) is 24.0 Å². The molecule has 1 fully saturated rings. The number of ether oxygens (including phenoxy) is 1. The van der Waals surface area contributed by atoms with Crippen LogP contribution in [-0.2, 0) is 10.9 Å². The first kappa shape index (κ1) is 17.4. The van der Waals surface area contributed by atoms with Gasteiger partial charge in [0.1, 0.15) is 0 Å². The van der Waals surface area contributed by atoms with Crippen LogP contribution in [0.25, 0.3) is 0 Å². The van der Waals surface area contributed by atoms with Crippen molar-refractivity contribution in [3.8, 4) is 0 Å². The topological polar surface area (TPSA) is 47.3 Å². The molecule has 2 heterocycles. The molecule has 0 amide bonds. The summed E-state index contributed by atoms with van der Waals surface area (Å²) >= 11 is 0. The minimum atomic E-state index is -4.37. The van der Waals surface area contributed by atoms with E-state index in [1.165, 1.54) is 12.1 Å². The average molecular weight is 362 g/mol. The largest absolute Gasteiger partial charge is 0.416 e. The molecule has 0 aliphatic carbocycles. The predicted octanol–water partition coefficient (Wildman–Crippen LogP) is 4.52. The van der Waals surface area contributed by atoms with E-state index in [9.17, 15) is 13.2 Å². The zero-order valence-corrected chi connectivity index (χ0v) is 14.2. The third-order valence-corrected chi connectivity index (χ3v) is 5.42. The molecule has 4 rings (SSSR count). The maximum Gasteiger partial charge on any atom is 0.416 e. The van der Waals surface area contributed by atoms with Gasteiger partial charge in [-0.1, -0.05) is 30.3 Å². The van der Waals surface area contributed by atoms with E-state index in [0.29, 0.717) is 24.4 Å². The lowest BCUT2D eigenvalue weighted by Crippen LogP contribution is -2.41. The number of rotatable bonds is 2. The van der Waals surface area contributed by atoms with Crippen molar-refractivity contribution in [2.75, 3.05) is 18.5 Å². The summed E-state index contributed by atoms with van der Waals surface area (Å²) in [6.07, 6.45) is -3.90. The Morgan fingerprint density at radius 1 is 1.12 bits per heavy atom. The van der Waals surface area contributed by atoms with Crippen molar-refractivity contribution < 1.29 is 17.9 Å². The Morgan fingerprint density at radius 2 is 1.88 bits per heavy atom. The smallest absolute Gasteiger partial charge is 0.378 e. The maximum atomic E-state index is 13.2. The van der Waals surface area contributed by atoms with Gasteiger partial charge >= 0.3 is 6.18 Å². The molecule has 138 valence electrons. The van der Waals surface area contributed by atoms with Gasteiger partial charge < -0.3 is 15.8 Å². The predicted molar refractivity (Wildman–Crippen MR) is 93.6 cm³/mol. The van der Waals surface area contributed by atoms with Gasteiger partial charge in [0, 0.05) is 17.2 Å². The van der Waals surface area contributed by atoms with E-state index < -0.39 is 11.7 Å². The first-order chi connectivity index (χ1) is 12.5. The Labute approximate surface area is 150 Å². The van der Waals surface area contributed by atoms with Gasteiger partial charge in [0.05, 0.1) is 24.3 Å². The van der Waals surface area contributed by atoms with Gasteiger partial charge in [-0.15, -0.1) is 0 Å². The van der Waals surface area contributed by atoms with Crippen molar-refractivity contribution in [3.05, 3.63) is 65.2 Å². The normalized spacial score (nSPS) is 28.0. The molecule has 4 unspecified atom stereocenters. The number of hydrogen-bond acceptors (Lipinski definition) is 3. The van der Waals surface area contributed by atoms with E-state index in [0.717, 1.165) is 18.1 Å². The summed E-state index contributed by atoms with van der Waals surface area (Å²) in [5.41, 5.74) is 7.60. The highest BCUT2D eigenvalue weighted by molar-refractivity contribution is 5.58. The fraction of sp³-hybridized carbons (Fsp3) is 0.400. The molecule has 1 saturated heterocycles. The minimum absolute atomic E-state index is 0.0141. The molecule has 3 N–H and O–H groups in total. The summed E-state index contributed by atoms with van der Waals surface area (Å²) in [6.45, 7) is 0.995. The Morgan fingerprint density at radius 3 is 2.58 bits per heavy atom. The molecule has 0 saturated carbocycles. The highest BCUT2D eigenvalue weighted by Gasteiger charge is 2.43. The van der Waals surface area contributed by atoms with Gasteiger partial charge in [0.2, 0.25) is 0 Å². The van der Waals surface area contributed by atoms with E-state index in [4.69, 9.17) is 10.5 Å². The molecule has 2 aromatic rings. The van der Waals surface area contributed by atoms with Crippen LogP contribution >= 0.6 is 0 Å². The van der Waals surface area contributed by atoms with E-state index in [1.54, 1.807) is 0 Å². The van der Waals surface area contributed by atoms with Gasteiger partial charge in [-0.3, -0.25) is 0 Å². The minimum Gasteiger partial charge on any atom is -0.378 e.